The Labute approximate surface area is 191 Å². The molecule has 2 fully saturated rings. The van der Waals surface area contributed by atoms with Gasteiger partial charge in [-0.05, 0) is 43.3 Å². The SMILES string of the molecule is COc1ccccc1C1CNCCN1C1CCNCC1(C=O)Oc1ccc(C(F)(F)F)cc1. The minimum Gasteiger partial charge on any atom is -0.496 e. The molecule has 2 aliphatic rings. The van der Waals surface area contributed by atoms with Crippen LogP contribution < -0.4 is 20.1 Å². The number of halogens is 3. The van der Waals surface area contributed by atoms with Crippen molar-refractivity contribution in [2.75, 3.05) is 39.8 Å². The van der Waals surface area contributed by atoms with Crippen LogP contribution in [0.25, 0.3) is 0 Å². The molecule has 2 aliphatic heterocycles. The molecule has 2 aromatic carbocycles. The summed E-state index contributed by atoms with van der Waals surface area (Å²) in [5.41, 5.74) is -0.984. The van der Waals surface area contributed by atoms with Gasteiger partial charge in [-0.1, -0.05) is 18.2 Å². The summed E-state index contributed by atoms with van der Waals surface area (Å²) >= 11 is 0. The van der Waals surface area contributed by atoms with Crippen LogP contribution in [0.15, 0.2) is 48.5 Å². The average molecular weight is 464 g/mol. The summed E-state index contributed by atoms with van der Waals surface area (Å²) in [6, 6.07) is 12.0. The number of para-hydroxylation sites is 1. The molecule has 0 bridgehead atoms. The van der Waals surface area contributed by atoms with Crippen molar-refractivity contribution in [3.05, 3.63) is 59.7 Å². The van der Waals surface area contributed by atoms with Gasteiger partial charge in [-0.3, -0.25) is 9.69 Å². The van der Waals surface area contributed by atoms with Crippen molar-refractivity contribution in [2.45, 2.75) is 30.3 Å². The number of nitrogens with zero attached hydrogens (tertiary/aromatic N) is 1. The van der Waals surface area contributed by atoms with E-state index < -0.39 is 17.3 Å². The lowest BCUT2D eigenvalue weighted by molar-refractivity contribution is -0.138. The van der Waals surface area contributed by atoms with Crippen molar-refractivity contribution in [3.8, 4) is 11.5 Å². The van der Waals surface area contributed by atoms with Crippen molar-refractivity contribution in [1.29, 1.82) is 0 Å². The van der Waals surface area contributed by atoms with Crippen LogP contribution in [0.2, 0.25) is 0 Å². The molecule has 33 heavy (non-hydrogen) atoms. The van der Waals surface area contributed by atoms with E-state index in [2.05, 4.69) is 15.5 Å². The first-order chi connectivity index (χ1) is 15.9. The van der Waals surface area contributed by atoms with Crippen LogP contribution in [0, 0.1) is 0 Å². The molecule has 2 N–H and O–H groups in total. The summed E-state index contributed by atoms with van der Waals surface area (Å²) in [5.74, 6) is 0.998. The van der Waals surface area contributed by atoms with E-state index in [0.717, 1.165) is 36.3 Å². The Bertz CT molecular complexity index is 954. The Morgan fingerprint density at radius 1 is 1.09 bits per heavy atom. The molecule has 0 saturated carbocycles. The Morgan fingerprint density at radius 2 is 1.85 bits per heavy atom. The van der Waals surface area contributed by atoms with Crippen molar-refractivity contribution >= 4 is 6.29 Å². The van der Waals surface area contributed by atoms with Crippen LogP contribution in [-0.4, -0.2) is 62.7 Å². The standard InChI is InChI=1S/C24H28F3N3O3/c1-32-21-5-3-2-4-19(21)20-14-28-12-13-30(20)22-10-11-29-15-23(22,16-31)33-18-8-6-17(7-9-18)24(25,26)27/h2-9,16,20,22,28-29H,10-15H2,1H3. The first-order valence-electron chi connectivity index (χ1n) is 11.0. The molecule has 3 atom stereocenters. The zero-order valence-electron chi connectivity index (χ0n) is 18.4. The number of carbonyl (C=O) groups is 1. The third kappa shape index (κ3) is 4.85. The normalized spacial score (nSPS) is 26.5. The Hall–Kier alpha value is -2.62. The van der Waals surface area contributed by atoms with Gasteiger partial charge in [-0.15, -0.1) is 0 Å². The molecule has 0 aromatic heterocycles. The summed E-state index contributed by atoms with van der Waals surface area (Å²) in [7, 11) is 1.63. The highest BCUT2D eigenvalue weighted by molar-refractivity contribution is 5.66. The highest BCUT2D eigenvalue weighted by Gasteiger charge is 2.49. The number of piperidine rings is 1. The minimum atomic E-state index is -4.43. The number of rotatable bonds is 6. The summed E-state index contributed by atoms with van der Waals surface area (Å²) in [6.07, 6.45) is -2.98. The number of nitrogens with one attached hydrogen (secondary N) is 2. The minimum absolute atomic E-state index is 0.0477. The third-order valence-electron chi connectivity index (χ3n) is 6.43. The lowest BCUT2D eigenvalue weighted by Gasteiger charge is -2.50. The molecular formula is C24H28F3N3O3. The Balaban J connectivity index is 1.65. The van der Waals surface area contributed by atoms with Gasteiger partial charge >= 0.3 is 6.18 Å². The summed E-state index contributed by atoms with van der Waals surface area (Å²) < 4.78 is 50.6. The van der Waals surface area contributed by atoms with Gasteiger partial charge in [0.1, 0.15) is 11.5 Å². The number of benzene rings is 2. The molecule has 178 valence electrons. The van der Waals surface area contributed by atoms with E-state index in [1.165, 1.54) is 12.1 Å². The molecular weight excluding hydrogens is 435 g/mol. The van der Waals surface area contributed by atoms with Gasteiger partial charge in [0.05, 0.1) is 24.8 Å². The number of carbonyl (C=O) groups excluding carboxylic acids is 1. The number of hydrogen-bond donors (Lipinski definition) is 2. The third-order valence-corrected chi connectivity index (χ3v) is 6.43. The predicted molar refractivity (Wildman–Crippen MR) is 117 cm³/mol. The molecule has 2 aromatic rings. The Kier molecular flexibility index (Phi) is 6.92. The van der Waals surface area contributed by atoms with Gasteiger partial charge in [-0.25, -0.2) is 0 Å². The van der Waals surface area contributed by atoms with Gasteiger partial charge in [0.2, 0.25) is 0 Å². The maximum atomic E-state index is 13.0. The van der Waals surface area contributed by atoms with Gasteiger partial charge in [-0.2, -0.15) is 13.2 Å². The second-order valence-electron chi connectivity index (χ2n) is 8.38. The fourth-order valence-corrected chi connectivity index (χ4v) is 4.83. The molecule has 3 unspecified atom stereocenters. The molecule has 0 spiro atoms. The number of alkyl halides is 3. The second kappa shape index (κ2) is 9.70. The molecule has 2 saturated heterocycles. The van der Waals surface area contributed by atoms with Gasteiger partial charge < -0.3 is 20.1 Å². The zero-order valence-corrected chi connectivity index (χ0v) is 18.4. The molecule has 9 heteroatoms. The van der Waals surface area contributed by atoms with Crippen molar-refractivity contribution in [2.24, 2.45) is 0 Å². The highest BCUT2D eigenvalue weighted by atomic mass is 19.4. The molecule has 0 amide bonds. The van der Waals surface area contributed by atoms with Crippen LogP contribution in [0.4, 0.5) is 13.2 Å². The summed E-state index contributed by atoms with van der Waals surface area (Å²) in [5, 5.41) is 6.65. The number of piperazine rings is 1. The molecule has 4 rings (SSSR count). The van der Waals surface area contributed by atoms with E-state index in [1.54, 1.807) is 7.11 Å². The maximum absolute atomic E-state index is 13.0. The summed E-state index contributed by atoms with van der Waals surface area (Å²) in [6.45, 7) is 3.10. The molecule has 2 heterocycles. The fourth-order valence-electron chi connectivity index (χ4n) is 4.83. The number of ether oxygens (including phenoxy) is 2. The zero-order chi connectivity index (χ0) is 23.5. The lowest BCUT2D eigenvalue weighted by atomic mass is 9.85. The van der Waals surface area contributed by atoms with E-state index in [1.807, 2.05) is 24.3 Å². The Morgan fingerprint density at radius 3 is 2.55 bits per heavy atom. The van der Waals surface area contributed by atoms with E-state index >= 15 is 0 Å². The van der Waals surface area contributed by atoms with Crippen molar-refractivity contribution in [1.82, 2.24) is 15.5 Å². The van der Waals surface area contributed by atoms with E-state index in [4.69, 9.17) is 9.47 Å². The number of aldehydes is 1. The maximum Gasteiger partial charge on any atom is 0.416 e. The highest BCUT2D eigenvalue weighted by Crippen LogP contribution is 2.37. The van der Waals surface area contributed by atoms with E-state index in [0.29, 0.717) is 26.1 Å². The number of methoxy groups -OCH3 is 1. The fraction of sp³-hybridized carbons (Fsp3) is 0.458. The van der Waals surface area contributed by atoms with Crippen LogP contribution in [0.3, 0.4) is 0 Å². The quantitative estimate of drug-likeness (QED) is 0.643. The van der Waals surface area contributed by atoms with Crippen molar-refractivity contribution < 1.29 is 27.4 Å². The van der Waals surface area contributed by atoms with Gasteiger partial charge in [0, 0.05) is 31.7 Å². The largest absolute Gasteiger partial charge is 0.496 e. The average Bonchev–Trinajstić information content (AvgIpc) is 2.84. The molecule has 0 aliphatic carbocycles. The monoisotopic (exact) mass is 463 g/mol. The first kappa shape index (κ1) is 23.5. The van der Waals surface area contributed by atoms with Gasteiger partial charge in [0.25, 0.3) is 0 Å². The smallest absolute Gasteiger partial charge is 0.416 e. The molecule has 6 nitrogen and oxygen atoms in total. The summed E-state index contributed by atoms with van der Waals surface area (Å²) in [4.78, 5) is 14.8. The van der Waals surface area contributed by atoms with Crippen molar-refractivity contribution in [3.63, 3.8) is 0 Å². The predicted octanol–water partition coefficient (Wildman–Crippen LogP) is 3.04. The lowest BCUT2D eigenvalue weighted by Crippen LogP contribution is -2.68. The topological polar surface area (TPSA) is 62.8 Å². The van der Waals surface area contributed by atoms with Crippen LogP contribution in [0.5, 0.6) is 11.5 Å². The van der Waals surface area contributed by atoms with E-state index in [-0.39, 0.29) is 24.4 Å². The van der Waals surface area contributed by atoms with Crippen LogP contribution in [-0.2, 0) is 11.0 Å². The van der Waals surface area contributed by atoms with Gasteiger partial charge in [0.15, 0.2) is 11.9 Å². The van der Waals surface area contributed by atoms with E-state index in [9.17, 15) is 18.0 Å². The van der Waals surface area contributed by atoms with Crippen LogP contribution >= 0.6 is 0 Å². The second-order valence-corrected chi connectivity index (χ2v) is 8.38. The van der Waals surface area contributed by atoms with Crippen LogP contribution in [0.1, 0.15) is 23.6 Å². The molecule has 0 radical (unpaired) electrons. The first-order valence-corrected chi connectivity index (χ1v) is 11.0. The number of hydrogen-bond acceptors (Lipinski definition) is 6.